The molecule has 0 saturated heterocycles. The molecule has 1 aromatic heterocycles. The van der Waals surface area contributed by atoms with Crippen LogP contribution in [0.3, 0.4) is 0 Å². The molecule has 0 unspecified atom stereocenters. The molecule has 0 spiro atoms. The molecular weight excluding hydrogens is 365 g/mol. The number of pyridine rings is 1. The number of hydrogen-bond acceptors (Lipinski definition) is 2. The van der Waals surface area contributed by atoms with Crippen LogP contribution in [0.4, 0.5) is 0 Å². The molecule has 0 atom stereocenters. The third-order valence-corrected chi connectivity index (χ3v) is 3.16. The lowest BCUT2D eigenvalue weighted by Crippen LogP contribution is -3.00. The summed E-state index contributed by atoms with van der Waals surface area (Å²) in [7, 11) is 0. The zero-order valence-electron chi connectivity index (χ0n) is 11.3. The average Bonchev–Trinajstić information content (AvgIpc) is 2.93. The van der Waals surface area contributed by atoms with Crippen molar-refractivity contribution in [3.05, 3.63) is 53.9 Å². The summed E-state index contributed by atoms with van der Waals surface area (Å²) in [6.07, 6.45) is 6.28. The van der Waals surface area contributed by atoms with Gasteiger partial charge in [-0.25, -0.2) is 0 Å². The van der Waals surface area contributed by atoms with Gasteiger partial charge >= 0.3 is 0 Å². The van der Waals surface area contributed by atoms with Gasteiger partial charge in [0, 0.05) is 18.2 Å². The van der Waals surface area contributed by atoms with Crippen molar-refractivity contribution in [1.82, 2.24) is 0 Å². The van der Waals surface area contributed by atoms with Crippen LogP contribution in [-0.2, 0) is 6.54 Å². The van der Waals surface area contributed by atoms with E-state index in [-0.39, 0.29) is 24.0 Å². The number of aryl methyl sites for hydroxylation is 1. The molecule has 20 heavy (non-hydrogen) atoms. The first kappa shape index (κ1) is 14.8. The van der Waals surface area contributed by atoms with E-state index < -0.39 is 0 Å². The molecule has 3 nitrogen and oxygen atoms in total. The minimum absolute atomic E-state index is 0. The number of fused-ring (bicyclic) bond motifs is 1. The van der Waals surface area contributed by atoms with Crippen molar-refractivity contribution in [3.8, 4) is 11.5 Å². The van der Waals surface area contributed by atoms with Crippen LogP contribution in [0.1, 0.15) is 18.2 Å². The second kappa shape index (κ2) is 6.74. The van der Waals surface area contributed by atoms with Gasteiger partial charge in [0.25, 0.3) is 0 Å². The van der Waals surface area contributed by atoms with Crippen molar-refractivity contribution in [2.24, 2.45) is 0 Å². The van der Waals surface area contributed by atoms with Gasteiger partial charge in [-0.15, -0.1) is 0 Å². The van der Waals surface area contributed by atoms with Gasteiger partial charge in [-0.05, 0) is 36.8 Å². The fourth-order valence-electron chi connectivity index (χ4n) is 2.13. The predicted molar refractivity (Wildman–Crippen MR) is 73.8 cm³/mol. The molecule has 0 fully saturated rings. The summed E-state index contributed by atoms with van der Waals surface area (Å²) in [6, 6.07) is 12.2. The highest BCUT2D eigenvalue weighted by Crippen LogP contribution is 2.32. The van der Waals surface area contributed by atoms with E-state index in [0.29, 0.717) is 6.79 Å². The lowest BCUT2D eigenvalue weighted by Gasteiger charge is -1.98. The van der Waals surface area contributed by atoms with Gasteiger partial charge < -0.3 is 33.5 Å². The smallest absolute Gasteiger partial charge is 0.231 e. The molecule has 0 radical (unpaired) electrons. The Kier molecular flexibility index (Phi) is 5.00. The molecule has 0 amide bonds. The SMILES string of the molecule is CC[n+]1ccccc1C=Cc1ccc2c(c1)OCO2.[I-]. The van der Waals surface area contributed by atoms with E-state index in [9.17, 15) is 0 Å². The standard InChI is InChI=1S/C16H16NO2.HI/c1-2-17-10-4-3-5-14(17)8-6-13-7-9-15-16(11-13)19-12-18-15;/h3-11H,2,12H2,1H3;1H/q+1;/p-1. The normalized spacial score (nSPS) is 12.4. The quantitative estimate of drug-likeness (QED) is 0.548. The summed E-state index contributed by atoms with van der Waals surface area (Å²) in [5.74, 6) is 1.64. The third kappa shape index (κ3) is 3.12. The Morgan fingerprint density at radius 3 is 2.80 bits per heavy atom. The van der Waals surface area contributed by atoms with Gasteiger partial charge in [0.2, 0.25) is 12.5 Å². The van der Waals surface area contributed by atoms with Crippen LogP contribution in [-0.4, -0.2) is 6.79 Å². The number of ether oxygens (including phenoxy) is 2. The Morgan fingerprint density at radius 1 is 1.10 bits per heavy atom. The van der Waals surface area contributed by atoms with Gasteiger partial charge in [0.1, 0.15) is 6.54 Å². The number of rotatable bonds is 3. The number of benzene rings is 1. The van der Waals surface area contributed by atoms with E-state index >= 15 is 0 Å². The summed E-state index contributed by atoms with van der Waals surface area (Å²) in [4.78, 5) is 0. The third-order valence-electron chi connectivity index (χ3n) is 3.16. The topological polar surface area (TPSA) is 22.3 Å². The highest BCUT2D eigenvalue weighted by Gasteiger charge is 2.12. The molecule has 1 aromatic carbocycles. The first-order valence-corrected chi connectivity index (χ1v) is 6.43. The summed E-state index contributed by atoms with van der Waals surface area (Å²) < 4.78 is 12.9. The van der Waals surface area contributed by atoms with Crippen molar-refractivity contribution in [2.45, 2.75) is 13.5 Å². The lowest BCUT2D eigenvalue weighted by molar-refractivity contribution is -0.695. The number of halogens is 1. The second-order valence-electron chi connectivity index (χ2n) is 4.36. The molecule has 0 saturated carbocycles. The Morgan fingerprint density at radius 2 is 1.95 bits per heavy atom. The zero-order chi connectivity index (χ0) is 13.1. The molecule has 0 aliphatic carbocycles. The van der Waals surface area contributed by atoms with E-state index in [4.69, 9.17) is 9.47 Å². The monoisotopic (exact) mass is 381 g/mol. The van der Waals surface area contributed by atoms with Gasteiger partial charge in [0.05, 0.1) is 0 Å². The van der Waals surface area contributed by atoms with Crippen LogP contribution in [0.2, 0.25) is 0 Å². The zero-order valence-corrected chi connectivity index (χ0v) is 13.4. The van der Waals surface area contributed by atoms with Crippen molar-refractivity contribution in [2.75, 3.05) is 6.79 Å². The largest absolute Gasteiger partial charge is 1.00 e. The van der Waals surface area contributed by atoms with E-state index in [1.54, 1.807) is 0 Å². The van der Waals surface area contributed by atoms with Crippen LogP contribution in [0.25, 0.3) is 12.2 Å². The van der Waals surface area contributed by atoms with Crippen LogP contribution >= 0.6 is 0 Å². The molecule has 3 rings (SSSR count). The van der Waals surface area contributed by atoms with E-state index in [0.717, 1.165) is 23.6 Å². The fraction of sp³-hybridized carbons (Fsp3) is 0.188. The van der Waals surface area contributed by atoms with Crippen molar-refractivity contribution in [1.29, 1.82) is 0 Å². The molecule has 2 aromatic rings. The molecule has 0 bridgehead atoms. The second-order valence-corrected chi connectivity index (χ2v) is 4.36. The lowest BCUT2D eigenvalue weighted by atomic mass is 10.1. The maximum Gasteiger partial charge on any atom is 0.231 e. The fourth-order valence-corrected chi connectivity index (χ4v) is 2.13. The van der Waals surface area contributed by atoms with Gasteiger partial charge in [-0.2, -0.15) is 4.57 Å². The van der Waals surface area contributed by atoms with Gasteiger partial charge in [0.15, 0.2) is 17.7 Å². The molecular formula is C16H16INO2. The molecule has 4 heteroatoms. The molecule has 104 valence electrons. The first-order chi connectivity index (χ1) is 9.36. The van der Waals surface area contributed by atoms with Crippen LogP contribution in [0.15, 0.2) is 42.6 Å². The molecule has 1 aliphatic rings. The van der Waals surface area contributed by atoms with Crippen LogP contribution < -0.4 is 38.0 Å². The number of nitrogens with zero attached hydrogens (tertiary/aromatic N) is 1. The Bertz CT molecular complexity index is 626. The van der Waals surface area contributed by atoms with E-state index in [2.05, 4.69) is 35.9 Å². The van der Waals surface area contributed by atoms with Crippen LogP contribution in [0, 0.1) is 0 Å². The van der Waals surface area contributed by atoms with E-state index in [1.165, 1.54) is 5.69 Å². The molecule has 2 heterocycles. The highest BCUT2D eigenvalue weighted by atomic mass is 127. The van der Waals surface area contributed by atoms with Crippen molar-refractivity contribution in [3.63, 3.8) is 0 Å². The molecule has 1 aliphatic heterocycles. The molecule has 0 N–H and O–H groups in total. The maximum absolute atomic E-state index is 5.37. The summed E-state index contributed by atoms with van der Waals surface area (Å²) in [5.41, 5.74) is 2.29. The maximum atomic E-state index is 5.37. The van der Waals surface area contributed by atoms with Gasteiger partial charge in [-0.3, -0.25) is 0 Å². The number of aromatic nitrogens is 1. The predicted octanol–water partition coefficient (Wildman–Crippen LogP) is -0.103. The Labute approximate surface area is 135 Å². The van der Waals surface area contributed by atoms with Gasteiger partial charge in [-0.1, -0.05) is 6.07 Å². The Balaban J connectivity index is 0.00000147. The Hall–Kier alpha value is -1.56. The summed E-state index contributed by atoms with van der Waals surface area (Å²) >= 11 is 0. The van der Waals surface area contributed by atoms with Crippen molar-refractivity contribution >= 4 is 12.2 Å². The minimum Gasteiger partial charge on any atom is -1.00 e. The number of hydrogen-bond donors (Lipinski definition) is 0. The van der Waals surface area contributed by atoms with Crippen molar-refractivity contribution < 1.29 is 38.0 Å². The van der Waals surface area contributed by atoms with Crippen LogP contribution in [0.5, 0.6) is 11.5 Å². The first-order valence-electron chi connectivity index (χ1n) is 6.43. The summed E-state index contributed by atoms with van der Waals surface area (Å²) in [6.45, 7) is 3.41. The minimum atomic E-state index is 0. The highest BCUT2D eigenvalue weighted by molar-refractivity contribution is 5.68. The summed E-state index contributed by atoms with van der Waals surface area (Å²) in [5, 5.41) is 0. The average molecular weight is 381 g/mol. The van der Waals surface area contributed by atoms with E-state index in [1.807, 2.05) is 30.3 Å².